The van der Waals surface area contributed by atoms with E-state index >= 15 is 0 Å². The molecule has 2 aromatic rings. The molecule has 1 N–H and O–H groups in total. The van der Waals surface area contributed by atoms with Crippen LogP contribution in [0.3, 0.4) is 0 Å². The van der Waals surface area contributed by atoms with Gasteiger partial charge in [0.1, 0.15) is 4.90 Å². The minimum Gasteiger partial charge on any atom is -0.494 e. The highest BCUT2D eigenvalue weighted by atomic mass is 79.9. The summed E-state index contributed by atoms with van der Waals surface area (Å²) < 4.78 is 34.2. The molecule has 5 nitrogen and oxygen atoms in total. The average Bonchev–Trinajstić information content (AvgIpc) is 3.13. The number of methoxy groups -OCH3 is 1. The van der Waals surface area contributed by atoms with Gasteiger partial charge in [0.05, 0.1) is 11.6 Å². The van der Waals surface area contributed by atoms with Crippen molar-refractivity contribution >= 4 is 37.6 Å². The summed E-state index contributed by atoms with van der Waals surface area (Å²) in [6, 6.07) is 10.9. The summed E-state index contributed by atoms with van der Waals surface area (Å²) in [6.45, 7) is 3.23. The van der Waals surface area contributed by atoms with E-state index in [0.717, 1.165) is 30.8 Å². The molecular weight excluding hydrogens is 452 g/mol. The fourth-order valence-corrected chi connectivity index (χ4v) is 5.64. The average molecular weight is 474 g/mol. The Bertz CT molecular complexity index is 915. The first kappa shape index (κ1) is 20.6. The number of rotatable bonds is 7. The summed E-state index contributed by atoms with van der Waals surface area (Å²) in [5.74, 6) is 0.234. The van der Waals surface area contributed by atoms with E-state index in [0.29, 0.717) is 9.50 Å². The molecule has 27 heavy (non-hydrogen) atoms. The van der Waals surface area contributed by atoms with Crippen molar-refractivity contribution in [2.45, 2.75) is 30.8 Å². The lowest BCUT2D eigenvalue weighted by Crippen LogP contribution is -2.25. The molecule has 0 atom stereocenters. The van der Waals surface area contributed by atoms with Gasteiger partial charge in [-0.2, -0.15) is 0 Å². The minimum absolute atomic E-state index is 0.0152. The zero-order chi connectivity index (χ0) is 19.4. The maximum Gasteiger partial charge on any atom is 0.244 e. The number of ether oxygens (including phenoxy) is 1. The van der Waals surface area contributed by atoms with Crippen LogP contribution in [0, 0.1) is 0 Å². The van der Waals surface area contributed by atoms with Crippen molar-refractivity contribution in [3.63, 3.8) is 0 Å². The zero-order valence-electron chi connectivity index (χ0n) is 15.0. The second-order valence-electron chi connectivity index (χ2n) is 6.50. The predicted octanol–water partition coefficient (Wildman–Crippen LogP) is 4.19. The summed E-state index contributed by atoms with van der Waals surface area (Å²) in [7, 11) is -2.36. The number of halogens is 2. The molecule has 0 spiro atoms. The number of hydrogen-bond acceptors (Lipinski definition) is 4. The molecule has 0 unspecified atom stereocenters. The predicted molar refractivity (Wildman–Crippen MR) is 111 cm³/mol. The number of nitrogens with one attached hydrogen (secondary N) is 1. The number of benzene rings is 2. The largest absolute Gasteiger partial charge is 0.494 e. The maximum atomic E-state index is 12.9. The number of likely N-dealkylation sites (tertiary alicyclic amines) is 1. The molecule has 0 aliphatic carbocycles. The summed E-state index contributed by atoms with van der Waals surface area (Å²) in [6.07, 6.45) is 2.44. The standard InChI is InChI=1S/C19H22BrClN2O3S/c1-26-19-17(20)10-16(21)11-18(19)27(24,25)22-12-14-6-2-3-7-15(14)13-23-8-4-5-9-23/h2-3,6-7,10-11,22H,4-5,8-9,12-13H2,1H3. The molecule has 2 aromatic carbocycles. The molecule has 0 amide bonds. The van der Waals surface area contributed by atoms with Crippen LogP contribution in [-0.4, -0.2) is 33.5 Å². The van der Waals surface area contributed by atoms with E-state index in [-0.39, 0.29) is 17.2 Å². The van der Waals surface area contributed by atoms with E-state index in [2.05, 4.69) is 31.6 Å². The Balaban J connectivity index is 1.80. The van der Waals surface area contributed by atoms with E-state index in [1.807, 2.05) is 18.2 Å². The van der Waals surface area contributed by atoms with Crippen LogP contribution >= 0.6 is 27.5 Å². The zero-order valence-corrected chi connectivity index (χ0v) is 18.2. The SMILES string of the molecule is COc1c(Br)cc(Cl)cc1S(=O)(=O)NCc1ccccc1CN1CCCC1. The first-order chi connectivity index (χ1) is 12.9. The molecule has 146 valence electrons. The van der Waals surface area contributed by atoms with Crippen molar-refractivity contribution < 1.29 is 13.2 Å². The second-order valence-corrected chi connectivity index (χ2v) is 9.52. The van der Waals surface area contributed by atoms with Crippen molar-refractivity contribution in [1.82, 2.24) is 9.62 Å². The smallest absolute Gasteiger partial charge is 0.244 e. The van der Waals surface area contributed by atoms with Crippen molar-refractivity contribution in [2.75, 3.05) is 20.2 Å². The lowest BCUT2D eigenvalue weighted by Gasteiger charge is -2.18. The normalized spacial score (nSPS) is 15.2. The van der Waals surface area contributed by atoms with Crippen LogP contribution in [0.25, 0.3) is 0 Å². The lowest BCUT2D eigenvalue weighted by molar-refractivity contribution is 0.330. The van der Waals surface area contributed by atoms with Gasteiger partial charge in [0.15, 0.2) is 5.75 Å². The Labute approximate surface area is 173 Å². The summed E-state index contributed by atoms with van der Waals surface area (Å²) in [5.41, 5.74) is 2.11. The Morgan fingerprint density at radius 1 is 1.19 bits per heavy atom. The first-order valence-corrected chi connectivity index (χ1v) is 11.4. The van der Waals surface area contributed by atoms with E-state index in [9.17, 15) is 8.42 Å². The Morgan fingerprint density at radius 2 is 1.85 bits per heavy atom. The van der Waals surface area contributed by atoms with Gasteiger partial charge in [0.25, 0.3) is 0 Å². The molecule has 8 heteroatoms. The number of sulfonamides is 1. The lowest BCUT2D eigenvalue weighted by atomic mass is 10.1. The van der Waals surface area contributed by atoms with Crippen LogP contribution < -0.4 is 9.46 Å². The molecule has 1 heterocycles. The van der Waals surface area contributed by atoms with E-state index in [4.69, 9.17) is 16.3 Å². The van der Waals surface area contributed by atoms with Gasteiger partial charge in [-0.25, -0.2) is 13.1 Å². The monoisotopic (exact) mass is 472 g/mol. The van der Waals surface area contributed by atoms with Gasteiger partial charge in [-0.1, -0.05) is 35.9 Å². The molecule has 1 aliphatic rings. The van der Waals surface area contributed by atoms with Gasteiger partial charge < -0.3 is 4.74 Å². The molecule has 1 fully saturated rings. The second kappa shape index (κ2) is 8.92. The first-order valence-electron chi connectivity index (χ1n) is 8.72. The van der Waals surface area contributed by atoms with Crippen LogP contribution in [0.15, 0.2) is 45.8 Å². The van der Waals surface area contributed by atoms with Crippen LogP contribution in [-0.2, 0) is 23.1 Å². The van der Waals surface area contributed by atoms with Gasteiger partial charge in [-0.3, -0.25) is 4.90 Å². The summed E-state index contributed by atoms with van der Waals surface area (Å²) >= 11 is 9.34. The number of hydrogen-bond donors (Lipinski definition) is 1. The number of nitrogens with zero attached hydrogens (tertiary/aromatic N) is 1. The molecular formula is C19H22BrClN2O3S. The quantitative estimate of drug-likeness (QED) is 0.655. The van der Waals surface area contributed by atoms with Crippen LogP contribution in [0.4, 0.5) is 0 Å². The Hall–Kier alpha value is -1.12. The third-order valence-electron chi connectivity index (χ3n) is 4.63. The topological polar surface area (TPSA) is 58.6 Å². The molecule has 1 aliphatic heterocycles. The molecule has 0 bridgehead atoms. The van der Waals surface area contributed by atoms with E-state index < -0.39 is 10.0 Å². The Morgan fingerprint density at radius 3 is 2.52 bits per heavy atom. The molecule has 3 rings (SSSR count). The van der Waals surface area contributed by atoms with Crippen LogP contribution in [0.1, 0.15) is 24.0 Å². The van der Waals surface area contributed by atoms with Crippen molar-refractivity contribution in [1.29, 1.82) is 0 Å². The third-order valence-corrected chi connectivity index (χ3v) is 6.85. The van der Waals surface area contributed by atoms with Crippen LogP contribution in [0.5, 0.6) is 5.75 Å². The van der Waals surface area contributed by atoms with E-state index in [1.54, 1.807) is 6.07 Å². The van der Waals surface area contributed by atoms with Gasteiger partial charge in [0, 0.05) is 18.1 Å². The van der Waals surface area contributed by atoms with Gasteiger partial charge in [0.2, 0.25) is 10.0 Å². The van der Waals surface area contributed by atoms with Crippen molar-refractivity contribution in [3.8, 4) is 5.75 Å². The fraction of sp³-hybridized carbons (Fsp3) is 0.368. The Kier molecular flexibility index (Phi) is 6.81. The fourth-order valence-electron chi connectivity index (χ4n) is 3.25. The minimum atomic E-state index is -3.79. The summed E-state index contributed by atoms with van der Waals surface area (Å²) in [4.78, 5) is 2.41. The third kappa shape index (κ3) is 5.03. The van der Waals surface area contributed by atoms with Gasteiger partial charge in [-0.15, -0.1) is 0 Å². The van der Waals surface area contributed by atoms with E-state index in [1.165, 1.54) is 26.0 Å². The van der Waals surface area contributed by atoms with Gasteiger partial charge in [-0.05, 0) is 65.1 Å². The molecule has 1 saturated heterocycles. The van der Waals surface area contributed by atoms with Gasteiger partial charge >= 0.3 is 0 Å². The van der Waals surface area contributed by atoms with Crippen LogP contribution in [0.2, 0.25) is 5.02 Å². The highest BCUT2D eigenvalue weighted by Crippen LogP contribution is 2.35. The maximum absolute atomic E-state index is 12.9. The summed E-state index contributed by atoms with van der Waals surface area (Å²) in [5, 5.41) is 0.317. The molecule has 0 aromatic heterocycles. The van der Waals surface area contributed by atoms with Crippen molar-refractivity contribution in [2.24, 2.45) is 0 Å². The highest BCUT2D eigenvalue weighted by molar-refractivity contribution is 9.10. The molecule has 0 saturated carbocycles. The van der Waals surface area contributed by atoms with Crippen molar-refractivity contribution in [3.05, 3.63) is 57.0 Å². The molecule has 0 radical (unpaired) electrons. The highest BCUT2D eigenvalue weighted by Gasteiger charge is 2.23.